The van der Waals surface area contributed by atoms with E-state index in [1.807, 2.05) is 0 Å². The largest absolute Gasteiger partial charge is 0.289 e. The van der Waals surface area contributed by atoms with Crippen LogP contribution in [0.25, 0.3) is 0 Å². The minimum Gasteiger partial charge on any atom is -0.289 e. The highest BCUT2D eigenvalue weighted by atomic mass is 19.1. The molecule has 0 atom stereocenters. The molecule has 0 saturated heterocycles. The van der Waals surface area contributed by atoms with Crippen LogP contribution in [0.3, 0.4) is 0 Å². The van der Waals surface area contributed by atoms with Crippen LogP contribution < -0.4 is 0 Å². The molecule has 0 unspecified atom stereocenters. The van der Waals surface area contributed by atoms with Gasteiger partial charge in [-0.1, -0.05) is 12.1 Å². The first-order chi connectivity index (χ1) is 6.16. The summed E-state index contributed by atoms with van der Waals surface area (Å²) in [7, 11) is 0. The maximum absolute atomic E-state index is 12.9. The summed E-state index contributed by atoms with van der Waals surface area (Å²) in [5.74, 6) is -2.32. The topological polar surface area (TPSA) is 17.1 Å². The lowest BCUT2D eigenvalue weighted by Crippen LogP contribution is -2.02. The fourth-order valence-corrected chi connectivity index (χ4v) is 0.968. The van der Waals surface area contributed by atoms with Gasteiger partial charge in [-0.25, -0.2) is 8.78 Å². The fraction of sp³-hybridized carbons (Fsp3) is 0.100. The Morgan fingerprint density at radius 2 is 1.85 bits per heavy atom. The summed E-state index contributed by atoms with van der Waals surface area (Å²) >= 11 is 0. The van der Waals surface area contributed by atoms with Gasteiger partial charge >= 0.3 is 0 Å². The van der Waals surface area contributed by atoms with Gasteiger partial charge in [0.25, 0.3) is 0 Å². The number of benzene rings is 1. The molecule has 0 aliphatic carbocycles. The molecular formula is C10H8F2O. The lowest BCUT2D eigenvalue weighted by molar-refractivity contribution is 0.103. The zero-order chi connectivity index (χ0) is 9.84. The molecule has 1 nitrogen and oxygen atoms in total. The normalized spacial score (nSPS) is 10.7. The average Bonchev–Trinajstić information content (AvgIpc) is 2.04. The minimum atomic E-state index is -0.830. The van der Waals surface area contributed by atoms with Crippen LogP contribution in [0.2, 0.25) is 0 Å². The zero-order valence-electron chi connectivity index (χ0n) is 7.05. The van der Waals surface area contributed by atoms with Crippen molar-refractivity contribution in [3.05, 3.63) is 47.5 Å². The summed E-state index contributed by atoms with van der Waals surface area (Å²) < 4.78 is 25.9. The summed E-state index contributed by atoms with van der Waals surface area (Å²) in [5, 5.41) is 0. The molecule has 1 aromatic carbocycles. The first-order valence-electron chi connectivity index (χ1n) is 3.78. The fourth-order valence-electron chi connectivity index (χ4n) is 0.968. The number of carbonyl (C=O) groups excluding carboxylic acids is 1. The lowest BCUT2D eigenvalue weighted by atomic mass is 10.1. The SMILES string of the molecule is CC=CC(=O)c1c(F)cccc1F. The quantitative estimate of drug-likeness (QED) is 0.507. The second-order valence-corrected chi connectivity index (χ2v) is 2.46. The highest BCUT2D eigenvalue weighted by molar-refractivity contribution is 6.04. The summed E-state index contributed by atoms with van der Waals surface area (Å²) in [6.07, 6.45) is 2.57. The predicted octanol–water partition coefficient (Wildman–Crippen LogP) is 2.72. The summed E-state index contributed by atoms with van der Waals surface area (Å²) in [6.45, 7) is 1.61. The number of rotatable bonds is 2. The molecule has 0 N–H and O–H groups in total. The molecular weight excluding hydrogens is 174 g/mol. The van der Waals surface area contributed by atoms with Crippen LogP contribution in [0, 0.1) is 11.6 Å². The number of hydrogen-bond acceptors (Lipinski definition) is 1. The highest BCUT2D eigenvalue weighted by Crippen LogP contribution is 2.12. The minimum absolute atomic E-state index is 0.499. The van der Waals surface area contributed by atoms with Crippen LogP contribution in [0.15, 0.2) is 30.4 Å². The highest BCUT2D eigenvalue weighted by Gasteiger charge is 2.13. The molecule has 0 aliphatic heterocycles. The Morgan fingerprint density at radius 3 is 2.31 bits per heavy atom. The number of allylic oxidation sites excluding steroid dienone is 2. The number of carbonyl (C=O) groups is 1. The Hall–Kier alpha value is -1.51. The van der Waals surface area contributed by atoms with Crippen LogP contribution in [0.4, 0.5) is 8.78 Å². The molecule has 0 heterocycles. The predicted molar refractivity (Wildman–Crippen MR) is 45.5 cm³/mol. The van der Waals surface area contributed by atoms with Crippen molar-refractivity contribution in [2.45, 2.75) is 6.92 Å². The molecule has 0 spiro atoms. The van der Waals surface area contributed by atoms with E-state index in [1.165, 1.54) is 12.1 Å². The van der Waals surface area contributed by atoms with E-state index in [4.69, 9.17) is 0 Å². The molecule has 0 fully saturated rings. The van der Waals surface area contributed by atoms with Crippen molar-refractivity contribution in [1.29, 1.82) is 0 Å². The number of ketones is 1. The van der Waals surface area contributed by atoms with Gasteiger partial charge < -0.3 is 0 Å². The summed E-state index contributed by atoms with van der Waals surface area (Å²) in [4.78, 5) is 11.1. The average molecular weight is 182 g/mol. The second kappa shape index (κ2) is 3.94. The van der Waals surface area contributed by atoms with Crippen LogP contribution in [-0.4, -0.2) is 5.78 Å². The first-order valence-corrected chi connectivity index (χ1v) is 3.78. The van der Waals surface area contributed by atoms with Gasteiger partial charge in [-0.3, -0.25) is 4.79 Å². The Labute approximate surface area is 74.7 Å². The standard InChI is InChI=1S/C10H8F2O/c1-2-4-9(13)10-7(11)5-3-6-8(10)12/h2-6H,1H3. The molecule has 0 saturated carbocycles. The molecule has 68 valence electrons. The molecule has 13 heavy (non-hydrogen) atoms. The monoisotopic (exact) mass is 182 g/mol. The van der Waals surface area contributed by atoms with Gasteiger partial charge in [0.2, 0.25) is 0 Å². The molecule has 0 aliphatic rings. The third-order valence-corrected chi connectivity index (χ3v) is 1.53. The van der Waals surface area contributed by atoms with E-state index in [2.05, 4.69) is 0 Å². The molecule has 0 radical (unpaired) electrons. The van der Waals surface area contributed by atoms with Crippen LogP contribution in [0.5, 0.6) is 0 Å². The Bertz CT molecular complexity index is 336. The van der Waals surface area contributed by atoms with Crippen molar-refractivity contribution in [1.82, 2.24) is 0 Å². The van der Waals surface area contributed by atoms with Gasteiger partial charge in [0.1, 0.15) is 11.6 Å². The Balaban J connectivity index is 3.20. The van der Waals surface area contributed by atoms with Crippen LogP contribution in [0.1, 0.15) is 17.3 Å². The number of halogens is 2. The van der Waals surface area contributed by atoms with E-state index in [-0.39, 0.29) is 0 Å². The van der Waals surface area contributed by atoms with Crippen molar-refractivity contribution < 1.29 is 13.6 Å². The lowest BCUT2D eigenvalue weighted by Gasteiger charge is -1.98. The molecule has 0 aromatic heterocycles. The molecule has 0 amide bonds. The second-order valence-electron chi connectivity index (χ2n) is 2.46. The maximum Gasteiger partial charge on any atom is 0.191 e. The van der Waals surface area contributed by atoms with Crippen molar-refractivity contribution in [2.24, 2.45) is 0 Å². The van der Waals surface area contributed by atoms with Gasteiger partial charge in [-0.05, 0) is 25.1 Å². The van der Waals surface area contributed by atoms with E-state index in [1.54, 1.807) is 6.92 Å². The van der Waals surface area contributed by atoms with Crippen LogP contribution in [-0.2, 0) is 0 Å². The van der Waals surface area contributed by atoms with Gasteiger partial charge in [0.05, 0.1) is 5.56 Å². The molecule has 1 aromatic rings. The summed E-state index contributed by atoms with van der Waals surface area (Å²) in [6, 6.07) is 3.33. The van der Waals surface area contributed by atoms with E-state index < -0.39 is 23.0 Å². The molecule has 0 bridgehead atoms. The van der Waals surface area contributed by atoms with Gasteiger partial charge in [-0.15, -0.1) is 0 Å². The molecule has 1 rings (SSSR count). The van der Waals surface area contributed by atoms with Gasteiger partial charge in [0.15, 0.2) is 5.78 Å². The van der Waals surface area contributed by atoms with Gasteiger partial charge in [-0.2, -0.15) is 0 Å². The van der Waals surface area contributed by atoms with E-state index >= 15 is 0 Å². The van der Waals surface area contributed by atoms with Crippen molar-refractivity contribution >= 4 is 5.78 Å². The third kappa shape index (κ3) is 1.99. The number of hydrogen-bond donors (Lipinski definition) is 0. The van der Waals surface area contributed by atoms with Crippen molar-refractivity contribution in [3.8, 4) is 0 Å². The van der Waals surface area contributed by atoms with E-state index in [9.17, 15) is 13.6 Å². The summed E-state index contributed by atoms with van der Waals surface area (Å²) in [5.41, 5.74) is -0.499. The smallest absolute Gasteiger partial charge is 0.191 e. The Morgan fingerprint density at radius 1 is 1.31 bits per heavy atom. The third-order valence-electron chi connectivity index (χ3n) is 1.53. The van der Waals surface area contributed by atoms with E-state index in [0.29, 0.717) is 0 Å². The zero-order valence-corrected chi connectivity index (χ0v) is 7.05. The Kier molecular flexibility index (Phi) is 2.90. The van der Waals surface area contributed by atoms with Gasteiger partial charge in [0, 0.05) is 0 Å². The first kappa shape index (κ1) is 9.58. The molecule has 3 heteroatoms. The van der Waals surface area contributed by atoms with Crippen molar-refractivity contribution in [3.63, 3.8) is 0 Å². The van der Waals surface area contributed by atoms with Crippen molar-refractivity contribution in [2.75, 3.05) is 0 Å². The van der Waals surface area contributed by atoms with Crippen LogP contribution >= 0.6 is 0 Å². The maximum atomic E-state index is 12.9. The van der Waals surface area contributed by atoms with E-state index in [0.717, 1.165) is 18.2 Å².